The van der Waals surface area contributed by atoms with Crippen LogP contribution in [0.5, 0.6) is 0 Å². The molecule has 7 heteroatoms. The lowest BCUT2D eigenvalue weighted by Crippen LogP contribution is -2.02. The van der Waals surface area contributed by atoms with Gasteiger partial charge in [0.25, 0.3) is 0 Å². The van der Waals surface area contributed by atoms with Crippen molar-refractivity contribution in [2.24, 2.45) is 0 Å². The summed E-state index contributed by atoms with van der Waals surface area (Å²) in [6.07, 6.45) is 0. The fraction of sp³-hybridized carbons (Fsp3) is 0.500. The highest BCUT2D eigenvalue weighted by Crippen LogP contribution is 1.90. The van der Waals surface area contributed by atoms with E-state index >= 15 is 0 Å². The molecule has 2 N–H and O–H groups in total. The van der Waals surface area contributed by atoms with E-state index in [-0.39, 0.29) is 11.5 Å². The Morgan fingerprint density at radius 1 is 0.947 bits per heavy atom. The van der Waals surface area contributed by atoms with Crippen LogP contribution >= 0.6 is 0 Å². The van der Waals surface area contributed by atoms with Crippen molar-refractivity contribution in [2.75, 3.05) is 13.2 Å². The van der Waals surface area contributed by atoms with Gasteiger partial charge in [-0.05, 0) is 27.0 Å². The molecule has 0 heterocycles. The van der Waals surface area contributed by atoms with Gasteiger partial charge in [-0.25, -0.2) is 9.59 Å². The maximum atomic E-state index is 9.86. The molecule has 0 saturated carbocycles. The minimum atomic E-state index is -1.10. The molecule has 0 radical (unpaired) electrons. The number of aliphatic carboxylic acids is 2. The zero-order chi connectivity index (χ0) is 15.8. The van der Waals surface area contributed by atoms with E-state index in [9.17, 15) is 9.59 Å². The molecule has 0 aliphatic heterocycles. The van der Waals surface area contributed by atoms with Crippen molar-refractivity contribution in [3.05, 3.63) is 24.7 Å². The number of rotatable bonds is 6. The van der Waals surface area contributed by atoms with E-state index in [4.69, 9.17) is 10.2 Å². The van der Waals surface area contributed by atoms with Crippen molar-refractivity contribution < 1.29 is 29.3 Å². The zero-order valence-electron chi connectivity index (χ0n) is 12.1. The van der Waals surface area contributed by atoms with Crippen molar-refractivity contribution in [1.29, 1.82) is 0 Å². The predicted octanol–water partition coefficient (Wildman–Crippen LogP) is 1.49. The molecule has 6 nitrogen and oxygen atoms in total. The Morgan fingerprint density at radius 2 is 1.16 bits per heavy atom. The molecule has 0 saturated heterocycles. The third-order valence-corrected chi connectivity index (χ3v) is 1.11. The van der Waals surface area contributed by atoms with Gasteiger partial charge in [-0.3, -0.25) is 0 Å². The van der Waals surface area contributed by atoms with E-state index in [2.05, 4.69) is 35.7 Å². The Kier molecular flexibility index (Phi) is 19.2. The standard InChI is InChI=1S/2C5H8O3.C2H8Si/c2*1-3-8-4(2)5(6)7;1-3-2/h2*2-3H2,1H3,(H,6,7);3H2,1-2H3. The van der Waals surface area contributed by atoms with E-state index in [0.29, 0.717) is 22.7 Å². The molecule has 112 valence electrons. The van der Waals surface area contributed by atoms with Gasteiger partial charge in [0.05, 0.1) is 13.2 Å². The normalized spacial score (nSPS) is 7.79. The van der Waals surface area contributed by atoms with Crippen molar-refractivity contribution in [2.45, 2.75) is 26.9 Å². The molecule has 0 fully saturated rings. The molecule has 0 unspecified atom stereocenters. The minimum absolute atomic E-state index is 0.201. The van der Waals surface area contributed by atoms with Crippen LogP contribution in [0.25, 0.3) is 0 Å². The lowest BCUT2D eigenvalue weighted by Gasteiger charge is -1.97. The summed E-state index contributed by atoms with van der Waals surface area (Å²) in [5.74, 6) is -2.61. The highest BCUT2D eigenvalue weighted by atomic mass is 28.2. The van der Waals surface area contributed by atoms with Crippen molar-refractivity contribution in [3.63, 3.8) is 0 Å². The van der Waals surface area contributed by atoms with Gasteiger partial charge in [-0.2, -0.15) is 0 Å². The Hall–Kier alpha value is -1.76. The first-order valence-corrected chi connectivity index (χ1v) is 8.71. The maximum absolute atomic E-state index is 9.86. The molecule has 0 rings (SSSR count). The van der Waals surface area contributed by atoms with Crippen LogP contribution in [-0.4, -0.2) is 44.9 Å². The number of hydrogen-bond acceptors (Lipinski definition) is 4. The number of ether oxygens (including phenoxy) is 2. The van der Waals surface area contributed by atoms with Crippen LogP contribution in [0.15, 0.2) is 24.7 Å². The van der Waals surface area contributed by atoms with Crippen LogP contribution in [0.3, 0.4) is 0 Å². The molecular weight excluding hydrogens is 268 g/mol. The van der Waals surface area contributed by atoms with Crippen LogP contribution in [0.1, 0.15) is 13.8 Å². The average molecular weight is 292 g/mol. The van der Waals surface area contributed by atoms with Gasteiger partial charge in [0.15, 0.2) is 11.5 Å². The van der Waals surface area contributed by atoms with Crippen LogP contribution in [0.2, 0.25) is 13.1 Å². The highest BCUT2D eigenvalue weighted by molar-refractivity contribution is 6.31. The quantitative estimate of drug-likeness (QED) is 0.438. The highest BCUT2D eigenvalue weighted by Gasteiger charge is 2.01. The third kappa shape index (κ3) is 22.0. The van der Waals surface area contributed by atoms with Gasteiger partial charge in [-0.1, -0.05) is 13.1 Å². The van der Waals surface area contributed by atoms with Gasteiger partial charge in [0.2, 0.25) is 0 Å². The van der Waals surface area contributed by atoms with Crippen molar-refractivity contribution in [3.8, 4) is 0 Å². The second-order valence-corrected chi connectivity index (χ2v) is 4.44. The van der Waals surface area contributed by atoms with Crippen LogP contribution in [0.4, 0.5) is 0 Å². The molecule has 0 spiro atoms. The number of carboxylic acids is 2. The molecule has 0 aliphatic carbocycles. The van der Waals surface area contributed by atoms with E-state index in [1.807, 2.05) is 0 Å². The summed E-state index contributed by atoms with van der Waals surface area (Å²) in [6.45, 7) is 14.9. The second-order valence-electron chi connectivity index (χ2n) is 3.03. The fourth-order valence-corrected chi connectivity index (χ4v) is 0.472. The first kappa shape index (κ1) is 22.4. The number of hydrogen-bond donors (Lipinski definition) is 2. The largest absolute Gasteiger partial charge is 0.487 e. The fourth-order valence-electron chi connectivity index (χ4n) is 0.472. The second kappa shape index (κ2) is 16.2. The molecule has 0 aliphatic rings. The monoisotopic (exact) mass is 292 g/mol. The summed E-state index contributed by atoms with van der Waals surface area (Å²) in [5, 5.41) is 16.2. The van der Waals surface area contributed by atoms with Gasteiger partial charge in [0.1, 0.15) is 0 Å². The van der Waals surface area contributed by atoms with Crippen LogP contribution in [-0.2, 0) is 19.1 Å². The first-order valence-electron chi connectivity index (χ1n) is 5.88. The number of carboxylic acid groups (broad SMARTS) is 2. The minimum Gasteiger partial charge on any atom is -0.487 e. The Morgan fingerprint density at radius 3 is 1.21 bits per heavy atom. The molecule has 0 bridgehead atoms. The molecule has 0 atom stereocenters. The van der Waals surface area contributed by atoms with E-state index < -0.39 is 11.9 Å². The molecule has 0 aromatic rings. The molecular formula is C12H24O6Si. The average Bonchev–Trinajstić information content (AvgIpc) is 2.31. The smallest absolute Gasteiger partial charge is 0.370 e. The third-order valence-electron chi connectivity index (χ3n) is 1.11. The SMILES string of the molecule is C=C(OCC)C(=O)O.C=C(OCC)C(=O)O.C[SiH2]C. The molecule has 0 amide bonds. The summed E-state index contributed by atoms with van der Waals surface area (Å²) in [4.78, 5) is 19.7. The zero-order valence-corrected chi connectivity index (χ0v) is 13.5. The summed E-state index contributed by atoms with van der Waals surface area (Å²) < 4.78 is 9.02. The maximum Gasteiger partial charge on any atom is 0.370 e. The van der Waals surface area contributed by atoms with Crippen LogP contribution in [0, 0.1) is 0 Å². The van der Waals surface area contributed by atoms with Crippen molar-refractivity contribution in [1.82, 2.24) is 0 Å². The van der Waals surface area contributed by atoms with Crippen molar-refractivity contribution >= 4 is 21.5 Å². The lowest BCUT2D eigenvalue weighted by atomic mass is 10.6. The van der Waals surface area contributed by atoms with E-state index in [0.717, 1.165) is 0 Å². The van der Waals surface area contributed by atoms with E-state index in [1.165, 1.54) is 0 Å². The summed E-state index contributed by atoms with van der Waals surface area (Å²) in [7, 11) is 0.417. The topological polar surface area (TPSA) is 93.1 Å². The lowest BCUT2D eigenvalue weighted by molar-refractivity contribution is -0.137. The molecule has 0 aromatic carbocycles. The van der Waals surface area contributed by atoms with E-state index in [1.54, 1.807) is 13.8 Å². The Balaban J connectivity index is -0.000000224. The summed E-state index contributed by atoms with van der Waals surface area (Å²) >= 11 is 0. The summed E-state index contributed by atoms with van der Waals surface area (Å²) in [6, 6.07) is 0. The molecule has 19 heavy (non-hydrogen) atoms. The van der Waals surface area contributed by atoms with Gasteiger partial charge in [-0.15, -0.1) is 0 Å². The number of carbonyl (C=O) groups is 2. The Labute approximate surface area is 116 Å². The summed E-state index contributed by atoms with van der Waals surface area (Å²) in [5.41, 5.74) is 0. The van der Waals surface area contributed by atoms with Crippen LogP contribution < -0.4 is 0 Å². The molecule has 0 aromatic heterocycles. The van der Waals surface area contributed by atoms with Gasteiger partial charge >= 0.3 is 11.9 Å². The Bertz CT molecular complexity index is 260. The van der Waals surface area contributed by atoms with Gasteiger partial charge < -0.3 is 19.7 Å². The first-order chi connectivity index (χ1) is 8.78. The van der Waals surface area contributed by atoms with Gasteiger partial charge in [0, 0.05) is 9.52 Å². The predicted molar refractivity (Wildman–Crippen MR) is 77.1 cm³/mol.